The van der Waals surface area contributed by atoms with Gasteiger partial charge in [-0.05, 0) is 96.9 Å². The van der Waals surface area contributed by atoms with E-state index in [9.17, 15) is 44.4 Å². The summed E-state index contributed by atoms with van der Waals surface area (Å²) in [5, 5.41) is 51.3. The standard InChI is InChI=1S/C47H61N8O11P/c1-24-41(59)54-36(46(63)64)16-26-5-10-37(65-22-30(56)19-49)32(15-26)33-17-28(18-38(40(33)58)66-23-31(57)20-50)39(43(61)52-24)55(4)45(62)35(11-14-48)53-42(60)34-21-51-44(67-25(34)2)27-6-8-29(9-7-27)47(3)12-13-47/h5-10,15,17-18,21,24,30-31,35-36,39,44,56-58,67H,11-14,16,19-20,22-23,48-50H2,1-4H3,(H,52,61)(H,53,60)(H,54,59)(H,63,64)/t24-,30?,31-,35-,36?,39?,44?/m0/s1. The van der Waals surface area contributed by atoms with Crippen LogP contribution < -0.4 is 42.6 Å². The quantitative estimate of drug-likeness (QED) is 0.0852. The van der Waals surface area contributed by atoms with E-state index in [0.29, 0.717) is 5.56 Å². The number of carboxylic acids is 1. The van der Waals surface area contributed by atoms with E-state index >= 15 is 0 Å². The molecular weight excluding hydrogens is 884 g/mol. The normalized spacial score (nSPS) is 21.8. The Bertz CT molecular complexity index is 2410. The van der Waals surface area contributed by atoms with Crippen molar-refractivity contribution in [3.8, 4) is 28.4 Å². The second kappa shape index (κ2) is 21.8. The zero-order chi connectivity index (χ0) is 48.7. The molecule has 0 radical (unpaired) electrons. The number of nitrogens with zero attached hydrogens (tertiary/aromatic N) is 2. The van der Waals surface area contributed by atoms with Gasteiger partial charge in [-0.25, -0.2) is 4.79 Å². The highest BCUT2D eigenvalue weighted by Crippen LogP contribution is 2.50. The van der Waals surface area contributed by atoms with Crippen molar-refractivity contribution >= 4 is 44.4 Å². The number of benzene rings is 3. The van der Waals surface area contributed by atoms with Crippen LogP contribution in [0.5, 0.6) is 17.2 Å². The second-order valence-corrected chi connectivity index (χ2v) is 19.1. The molecule has 0 saturated heterocycles. The third kappa shape index (κ3) is 12.0. The number of rotatable bonds is 17. The van der Waals surface area contributed by atoms with Gasteiger partial charge in [0.05, 0.1) is 11.4 Å². The van der Waals surface area contributed by atoms with Crippen molar-refractivity contribution in [3.05, 3.63) is 87.7 Å². The number of phenolic OH excluding ortho intramolecular Hbond substituents is 1. The van der Waals surface area contributed by atoms with Crippen LogP contribution in [0.2, 0.25) is 0 Å². The first-order valence-corrected chi connectivity index (χ1v) is 23.2. The van der Waals surface area contributed by atoms with E-state index in [4.69, 9.17) is 31.7 Å². The maximum absolute atomic E-state index is 14.7. The van der Waals surface area contributed by atoms with Crippen molar-refractivity contribution in [2.45, 2.75) is 94.0 Å². The summed E-state index contributed by atoms with van der Waals surface area (Å²) >= 11 is 0. The van der Waals surface area contributed by atoms with E-state index in [-0.39, 0.29) is 92.6 Å². The molecule has 13 N–H and O–H groups in total. The van der Waals surface area contributed by atoms with Gasteiger partial charge in [0, 0.05) is 43.9 Å². The molecule has 0 spiro atoms. The van der Waals surface area contributed by atoms with Crippen LogP contribution in [0.3, 0.4) is 0 Å². The fraction of sp³-hybridized carbons (Fsp3) is 0.447. The number of nitrogens with one attached hydrogen (secondary N) is 3. The summed E-state index contributed by atoms with van der Waals surface area (Å²) in [7, 11) is 1.47. The number of aromatic hydroxyl groups is 1. The lowest BCUT2D eigenvalue weighted by Gasteiger charge is -2.33. The van der Waals surface area contributed by atoms with Gasteiger partial charge in [-0.2, -0.15) is 0 Å². The highest BCUT2D eigenvalue weighted by molar-refractivity contribution is 7.43. The first-order chi connectivity index (χ1) is 31.9. The summed E-state index contributed by atoms with van der Waals surface area (Å²) in [6, 6.07) is 9.94. The third-order valence-electron chi connectivity index (χ3n) is 12.3. The van der Waals surface area contributed by atoms with E-state index in [0.717, 1.165) is 28.6 Å². The van der Waals surface area contributed by atoms with Crippen LogP contribution in [0.15, 0.2) is 70.5 Å². The van der Waals surface area contributed by atoms with Gasteiger partial charge in [-0.3, -0.25) is 24.2 Å². The fourth-order valence-corrected chi connectivity index (χ4v) is 9.09. The first-order valence-electron chi connectivity index (χ1n) is 22.1. The molecule has 1 saturated carbocycles. The van der Waals surface area contributed by atoms with E-state index in [2.05, 4.69) is 47.1 Å². The number of phenols is 1. The molecular formula is C47H61N8O11P. The molecule has 3 aromatic rings. The Balaban J connectivity index is 1.39. The highest BCUT2D eigenvalue weighted by Gasteiger charge is 2.40. The number of carbonyl (C=O) groups is 5. The molecule has 67 heavy (non-hydrogen) atoms. The number of likely N-dealkylation sites (N-methyl/N-ethyl adjacent to an activating group) is 1. The molecule has 1 aliphatic carbocycles. The lowest BCUT2D eigenvalue weighted by molar-refractivity contribution is -0.143. The van der Waals surface area contributed by atoms with Crippen molar-refractivity contribution in [1.29, 1.82) is 0 Å². The SMILES string of the molecule is CC1=C(C(=O)N[C@@H](CCN)C(=O)N(C)C2C(=O)N[C@@H](C)C(=O)NC(C(=O)O)Cc3ccc(OCC(O)CN)c(c3)-c3cc2cc(OC[C@@H](O)CN)c3O)C=NC(c2ccc(C3(C)CC3)cc2)P1. The molecule has 20 heteroatoms. The summed E-state index contributed by atoms with van der Waals surface area (Å²) in [6.45, 7) is 4.36. The zero-order valence-corrected chi connectivity index (χ0v) is 39.0. The lowest BCUT2D eigenvalue weighted by atomic mass is 9.93. The number of aliphatic carboxylic acids is 1. The number of carbonyl (C=O) groups excluding carboxylic acids is 4. The molecule has 4 amide bonds. The Kier molecular flexibility index (Phi) is 16.4. The Labute approximate surface area is 390 Å². The van der Waals surface area contributed by atoms with Crippen LogP contribution in [0, 0.1) is 0 Å². The van der Waals surface area contributed by atoms with Gasteiger partial charge in [-0.15, -0.1) is 0 Å². The topological polar surface area (TPSA) is 314 Å². The molecule has 4 bridgehead atoms. The van der Waals surface area contributed by atoms with Crippen molar-refractivity contribution in [3.63, 3.8) is 0 Å². The highest BCUT2D eigenvalue weighted by atomic mass is 31.1. The molecule has 6 rings (SSSR count). The summed E-state index contributed by atoms with van der Waals surface area (Å²) < 4.78 is 11.8. The average Bonchev–Trinajstić information content (AvgIpc) is 4.07. The minimum absolute atomic E-state index is 0.0217. The Morgan fingerprint density at radius 2 is 1.58 bits per heavy atom. The molecule has 19 nitrogen and oxygen atoms in total. The fourth-order valence-electron chi connectivity index (χ4n) is 7.83. The summed E-state index contributed by atoms with van der Waals surface area (Å²) in [5.74, 6) is -5.29. The number of aliphatic imine (C=N–C) groups is 1. The van der Waals surface area contributed by atoms with Crippen LogP contribution in [-0.4, -0.2) is 131 Å². The second-order valence-electron chi connectivity index (χ2n) is 17.5. The molecule has 2 heterocycles. The molecule has 360 valence electrons. The number of carboxylic acid groups (broad SMARTS) is 1. The van der Waals surface area contributed by atoms with E-state index in [1.807, 2.05) is 6.92 Å². The van der Waals surface area contributed by atoms with Crippen LogP contribution in [-0.2, 0) is 35.8 Å². The molecule has 3 aliphatic rings. The van der Waals surface area contributed by atoms with Crippen LogP contribution >= 0.6 is 8.58 Å². The number of allylic oxidation sites excluding steroid dienone is 1. The molecule has 2 aliphatic heterocycles. The maximum atomic E-state index is 14.7. The smallest absolute Gasteiger partial charge is 0.326 e. The van der Waals surface area contributed by atoms with Crippen LogP contribution in [0.1, 0.15) is 74.1 Å². The number of aliphatic hydroxyl groups excluding tert-OH is 2. The van der Waals surface area contributed by atoms with Gasteiger partial charge in [-0.1, -0.05) is 45.8 Å². The maximum Gasteiger partial charge on any atom is 0.326 e. The van der Waals surface area contributed by atoms with Crippen molar-refractivity contribution in [2.24, 2.45) is 22.2 Å². The number of ether oxygens (including phenoxy) is 2. The Morgan fingerprint density at radius 1 is 0.925 bits per heavy atom. The van der Waals surface area contributed by atoms with Gasteiger partial charge in [0.1, 0.15) is 55.3 Å². The number of aliphatic hydroxyl groups is 2. The van der Waals surface area contributed by atoms with E-state index < -0.39 is 78.3 Å². The number of hydrogen-bond donors (Lipinski definition) is 10. The monoisotopic (exact) mass is 944 g/mol. The molecule has 8 atom stereocenters. The summed E-state index contributed by atoms with van der Waals surface area (Å²) in [4.78, 5) is 75.1. The Hall–Kier alpha value is -5.95. The molecule has 1 fully saturated rings. The van der Waals surface area contributed by atoms with Gasteiger partial charge in [0.15, 0.2) is 11.5 Å². The van der Waals surface area contributed by atoms with E-state index in [1.54, 1.807) is 6.07 Å². The number of fused-ring (bicyclic) bond motifs is 5. The van der Waals surface area contributed by atoms with E-state index in [1.165, 1.54) is 50.0 Å². The number of amides is 4. The van der Waals surface area contributed by atoms with Gasteiger partial charge in [0.2, 0.25) is 17.7 Å². The minimum atomic E-state index is -1.63. The lowest BCUT2D eigenvalue weighted by Crippen LogP contribution is -2.55. The third-order valence-corrected chi connectivity index (χ3v) is 13.7. The van der Waals surface area contributed by atoms with Crippen LogP contribution in [0.25, 0.3) is 11.1 Å². The van der Waals surface area contributed by atoms with Gasteiger partial charge < -0.3 is 68.0 Å². The van der Waals surface area contributed by atoms with Crippen molar-refractivity contribution in [2.75, 3.05) is 39.9 Å². The average molecular weight is 945 g/mol. The minimum Gasteiger partial charge on any atom is -0.504 e. The zero-order valence-electron chi connectivity index (χ0n) is 38.0. The predicted molar refractivity (Wildman–Crippen MR) is 252 cm³/mol. The Morgan fingerprint density at radius 3 is 2.18 bits per heavy atom. The summed E-state index contributed by atoms with van der Waals surface area (Å²) in [5.41, 5.74) is 20.6. The summed E-state index contributed by atoms with van der Waals surface area (Å²) in [6.07, 6.45) is 1.27. The van der Waals surface area contributed by atoms with Gasteiger partial charge in [0.25, 0.3) is 5.91 Å². The van der Waals surface area contributed by atoms with Gasteiger partial charge >= 0.3 is 5.97 Å². The molecule has 3 aromatic carbocycles. The molecule has 5 unspecified atom stereocenters. The largest absolute Gasteiger partial charge is 0.504 e. The van der Waals surface area contributed by atoms with Crippen molar-refractivity contribution in [1.82, 2.24) is 20.9 Å². The first kappa shape index (κ1) is 50.5. The predicted octanol–water partition coefficient (Wildman–Crippen LogP) is 1.21. The molecule has 0 aromatic heterocycles. The van der Waals surface area contributed by atoms with Crippen molar-refractivity contribution < 1.29 is 53.9 Å². The number of nitrogens with two attached hydrogens (primary N) is 3. The van der Waals surface area contributed by atoms with Crippen LogP contribution in [0.4, 0.5) is 0 Å². The number of hydrogen-bond acceptors (Lipinski definition) is 14.